The van der Waals surface area contributed by atoms with Crippen LogP contribution in [0.5, 0.6) is 0 Å². The number of ketones is 2. The van der Waals surface area contributed by atoms with Crippen LogP contribution in [0.2, 0.25) is 10.0 Å². The first-order valence-electron chi connectivity index (χ1n) is 15.1. The third-order valence-electron chi connectivity index (χ3n) is 6.69. The monoisotopic (exact) mass is 732 g/mol. The number of aromatic nitrogens is 3. The maximum absolute atomic E-state index is 11.9. The summed E-state index contributed by atoms with van der Waals surface area (Å²) < 4.78 is 4.66. The highest BCUT2D eigenvalue weighted by atomic mass is 35.5. The van der Waals surface area contributed by atoms with Gasteiger partial charge in [0.25, 0.3) is 5.78 Å². The van der Waals surface area contributed by atoms with E-state index < -0.39 is 23.1 Å². The number of fused-ring (bicyclic) bond motifs is 1. The fourth-order valence-corrected chi connectivity index (χ4v) is 4.25. The Morgan fingerprint density at radius 3 is 1.94 bits per heavy atom. The van der Waals surface area contributed by atoms with Crippen molar-refractivity contribution < 1.29 is 33.8 Å². The normalized spacial score (nSPS) is 10.3. The van der Waals surface area contributed by atoms with Gasteiger partial charge in [0.05, 0.1) is 34.6 Å². The number of carboxylic acids is 1. The van der Waals surface area contributed by atoms with Crippen molar-refractivity contribution in [3.63, 3.8) is 0 Å². The fourth-order valence-electron chi connectivity index (χ4n) is 4.00. The van der Waals surface area contributed by atoms with Gasteiger partial charge in [-0.2, -0.15) is 0 Å². The molecule has 13 heteroatoms. The molecule has 5 rings (SSSR count). The predicted molar refractivity (Wildman–Crippen MR) is 198 cm³/mol. The predicted octanol–water partition coefficient (Wildman–Crippen LogP) is 8.64. The second-order valence-electron chi connectivity index (χ2n) is 11.5. The number of nitrogens with zero attached hydrogens (tertiary/aromatic N) is 3. The number of anilines is 1. The number of ether oxygens (including phenoxy) is 1. The highest BCUT2D eigenvalue weighted by Gasteiger charge is 2.26. The number of Topliss-reactive ketones (excluding diaryl/α,β-unsaturated/α-hetero) is 2. The number of carbonyl (C=O) groups is 5. The van der Waals surface area contributed by atoms with Gasteiger partial charge in [-0.05, 0) is 68.4 Å². The number of carbonyl (C=O) groups excluding carboxylic acids is 4. The Morgan fingerprint density at radius 2 is 1.39 bits per heavy atom. The largest absolute Gasteiger partial charge is 0.478 e. The summed E-state index contributed by atoms with van der Waals surface area (Å²) in [6.45, 7) is 8.48. The number of carboxylic acid groups (broad SMARTS) is 1. The molecule has 266 valence electrons. The van der Waals surface area contributed by atoms with Crippen LogP contribution in [-0.2, 0) is 14.3 Å². The molecule has 0 fully saturated rings. The zero-order valence-electron chi connectivity index (χ0n) is 27.9. The van der Waals surface area contributed by atoms with Crippen LogP contribution in [0, 0.1) is 5.41 Å². The highest BCUT2D eigenvalue weighted by Crippen LogP contribution is 2.25. The number of hydrogen-bond acceptors (Lipinski definition) is 9. The van der Waals surface area contributed by atoms with E-state index in [0.717, 1.165) is 5.56 Å². The van der Waals surface area contributed by atoms with Crippen LogP contribution >= 0.6 is 23.2 Å². The molecule has 0 radical (unpaired) electrons. The molecule has 0 aliphatic rings. The molecule has 0 saturated carbocycles. The van der Waals surface area contributed by atoms with Gasteiger partial charge in [-0.15, -0.1) is 0 Å². The molecule has 0 unspecified atom stereocenters. The van der Waals surface area contributed by atoms with Gasteiger partial charge in [0.1, 0.15) is 0 Å². The van der Waals surface area contributed by atoms with Gasteiger partial charge in [-0.1, -0.05) is 63.5 Å². The Hall–Kier alpha value is -5.52. The van der Waals surface area contributed by atoms with E-state index in [9.17, 15) is 29.1 Å². The number of rotatable bonds is 7. The Morgan fingerprint density at radius 1 is 0.824 bits per heavy atom. The van der Waals surface area contributed by atoms with Crippen molar-refractivity contribution in [2.75, 3.05) is 11.9 Å². The molecule has 3 heterocycles. The van der Waals surface area contributed by atoms with Gasteiger partial charge >= 0.3 is 11.9 Å². The summed E-state index contributed by atoms with van der Waals surface area (Å²) in [7, 11) is 0. The van der Waals surface area contributed by atoms with Crippen molar-refractivity contribution in [1.82, 2.24) is 15.0 Å². The minimum absolute atomic E-state index is 0. The number of hydrogen-bond donors (Lipinski definition) is 2. The second kappa shape index (κ2) is 19.0. The Balaban J connectivity index is 0.000000277. The van der Waals surface area contributed by atoms with E-state index >= 15 is 0 Å². The van der Waals surface area contributed by atoms with Crippen LogP contribution in [-0.4, -0.2) is 56.1 Å². The lowest BCUT2D eigenvalue weighted by molar-refractivity contribution is -0.137. The Labute approximate surface area is 306 Å². The number of nitrogens with one attached hydrogen (secondary N) is 1. The smallest absolute Gasteiger partial charge is 0.379 e. The van der Waals surface area contributed by atoms with Gasteiger partial charge in [-0.25, -0.2) is 14.6 Å². The first-order chi connectivity index (χ1) is 23.6. The van der Waals surface area contributed by atoms with Crippen molar-refractivity contribution in [3.05, 3.63) is 118 Å². The quantitative estimate of drug-likeness (QED) is 0.0939. The number of amides is 1. The summed E-state index contributed by atoms with van der Waals surface area (Å²) in [5, 5.41) is 13.7. The maximum atomic E-state index is 11.9. The molecule has 3 aromatic heterocycles. The van der Waals surface area contributed by atoms with Crippen LogP contribution < -0.4 is 5.32 Å². The van der Waals surface area contributed by atoms with Gasteiger partial charge in [0, 0.05) is 56.8 Å². The van der Waals surface area contributed by atoms with E-state index in [1.54, 1.807) is 82.4 Å². The zero-order valence-corrected chi connectivity index (χ0v) is 29.4. The van der Waals surface area contributed by atoms with E-state index in [4.69, 9.17) is 23.2 Å². The Kier molecular flexibility index (Phi) is 15.5. The SMILES string of the molecule is C.CC(=O)c1ccc(Cl)cc1.CCOC(=O)C(=O)c1cnccc1NC(=O)C(C)(C)C.O=C(O)c1cc(-c2ccc(Cl)cc2)nc2ccncc12. The van der Waals surface area contributed by atoms with E-state index in [1.807, 2.05) is 12.1 Å². The molecule has 2 aromatic carbocycles. The summed E-state index contributed by atoms with van der Waals surface area (Å²) in [5.74, 6) is -2.99. The molecular formula is C38H38Cl2N4O7. The van der Waals surface area contributed by atoms with Crippen molar-refractivity contribution >= 4 is 69.2 Å². The van der Waals surface area contributed by atoms with Crippen LogP contribution in [0.15, 0.2) is 91.5 Å². The number of aromatic carboxylic acids is 1. The van der Waals surface area contributed by atoms with Crippen molar-refractivity contribution in [3.8, 4) is 11.3 Å². The van der Waals surface area contributed by atoms with Gasteiger partial charge in [0.2, 0.25) is 5.91 Å². The van der Waals surface area contributed by atoms with Crippen molar-refractivity contribution in [1.29, 1.82) is 0 Å². The molecule has 0 atom stereocenters. The van der Waals surface area contributed by atoms with Crippen LogP contribution in [0.3, 0.4) is 0 Å². The molecule has 5 aromatic rings. The highest BCUT2D eigenvalue weighted by molar-refractivity contribution is 6.42. The molecule has 0 bridgehead atoms. The lowest BCUT2D eigenvalue weighted by Crippen LogP contribution is -2.29. The molecule has 0 aliphatic carbocycles. The molecule has 0 aliphatic heterocycles. The lowest BCUT2D eigenvalue weighted by Gasteiger charge is -2.18. The zero-order chi connectivity index (χ0) is 37.0. The number of halogens is 2. The third-order valence-corrected chi connectivity index (χ3v) is 7.19. The van der Waals surface area contributed by atoms with E-state index in [1.165, 1.54) is 31.6 Å². The fraction of sp³-hybridized carbons (Fsp3) is 0.211. The van der Waals surface area contributed by atoms with Crippen molar-refractivity contribution in [2.24, 2.45) is 5.41 Å². The summed E-state index contributed by atoms with van der Waals surface area (Å²) >= 11 is 11.5. The van der Waals surface area contributed by atoms with Crippen LogP contribution in [0.1, 0.15) is 73.1 Å². The minimum atomic E-state index is -0.999. The number of pyridine rings is 3. The standard InChI is InChI=1S/C15H9ClN2O2.C14H18N2O4.C8H7ClO.CH4/c16-10-3-1-9(2-4-10)14-7-11(15(19)20)12-8-17-6-5-13(12)18-14;1-5-20-12(18)11(17)9-8-15-7-6-10(9)16-13(19)14(2,3)4;1-6(10)7-2-4-8(9)5-3-7;/h1-8H,(H,19,20);6-8H,5H2,1-4H3,(H,15,16,19);2-5H,1H3;1H4. The summed E-state index contributed by atoms with van der Waals surface area (Å²) in [5.41, 5.74) is 2.55. The van der Waals surface area contributed by atoms with Crippen LogP contribution in [0.4, 0.5) is 5.69 Å². The average molecular weight is 734 g/mol. The van der Waals surface area contributed by atoms with E-state index in [-0.39, 0.29) is 42.5 Å². The molecule has 0 saturated heterocycles. The average Bonchev–Trinajstić information content (AvgIpc) is 3.08. The summed E-state index contributed by atoms with van der Waals surface area (Å²) in [6.07, 6.45) is 5.77. The van der Waals surface area contributed by atoms with Gasteiger partial charge in [0.15, 0.2) is 5.78 Å². The Bertz CT molecular complexity index is 2010. The van der Waals surface area contributed by atoms with Gasteiger partial charge in [-0.3, -0.25) is 24.4 Å². The summed E-state index contributed by atoms with van der Waals surface area (Å²) in [6, 6.07) is 18.7. The van der Waals surface area contributed by atoms with E-state index in [2.05, 4.69) is 25.0 Å². The molecule has 11 nitrogen and oxygen atoms in total. The molecule has 51 heavy (non-hydrogen) atoms. The molecule has 2 N–H and O–H groups in total. The second-order valence-corrected chi connectivity index (χ2v) is 12.4. The molecule has 0 spiro atoms. The summed E-state index contributed by atoms with van der Waals surface area (Å²) in [4.78, 5) is 69.6. The first kappa shape index (κ1) is 41.7. The third kappa shape index (κ3) is 12.1. The number of benzene rings is 2. The number of esters is 1. The molecule has 1 amide bonds. The minimum Gasteiger partial charge on any atom is -0.478 e. The first-order valence-corrected chi connectivity index (χ1v) is 15.8. The topological polar surface area (TPSA) is 166 Å². The maximum Gasteiger partial charge on any atom is 0.379 e. The van der Waals surface area contributed by atoms with E-state index in [0.29, 0.717) is 32.2 Å². The van der Waals surface area contributed by atoms with Crippen LogP contribution in [0.25, 0.3) is 22.2 Å². The molecular weight excluding hydrogens is 695 g/mol. The van der Waals surface area contributed by atoms with Crippen molar-refractivity contribution in [2.45, 2.75) is 42.0 Å². The lowest BCUT2D eigenvalue weighted by atomic mass is 9.95. The van der Waals surface area contributed by atoms with Gasteiger partial charge < -0.3 is 15.2 Å².